The molecule has 7 nitrogen and oxygen atoms in total. The van der Waals surface area contributed by atoms with E-state index in [0.717, 1.165) is 11.3 Å². The Labute approximate surface area is 120 Å². The van der Waals surface area contributed by atoms with Gasteiger partial charge in [0, 0.05) is 0 Å². The van der Waals surface area contributed by atoms with E-state index < -0.39 is 23.4 Å². The first-order valence-electron chi connectivity index (χ1n) is 5.90. The van der Waals surface area contributed by atoms with E-state index in [2.05, 4.69) is 15.0 Å². The van der Waals surface area contributed by atoms with Crippen molar-refractivity contribution in [1.29, 1.82) is 0 Å². The molecular formula is C12H16N2O5S. The summed E-state index contributed by atoms with van der Waals surface area (Å²) in [4.78, 5) is 38.3. The number of nitrogens with one attached hydrogen (secondary N) is 1. The van der Waals surface area contributed by atoms with Crippen molar-refractivity contribution in [1.82, 2.24) is 4.98 Å². The van der Waals surface area contributed by atoms with Crippen LogP contribution >= 0.6 is 11.3 Å². The van der Waals surface area contributed by atoms with E-state index >= 15 is 0 Å². The summed E-state index contributed by atoms with van der Waals surface area (Å²) < 4.78 is 9.63. The minimum atomic E-state index is -0.944. The van der Waals surface area contributed by atoms with Gasteiger partial charge < -0.3 is 9.47 Å². The molecule has 1 rings (SSSR count). The van der Waals surface area contributed by atoms with Gasteiger partial charge in [0.25, 0.3) is 5.78 Å². The third-order valence-corrected chi connectivity index (χ3v) is 2.71. The van der Waals surface area contributed by atoms with Crippen LogP contribution in [0.4, 0.5) is 9.93 Å². The summed E-state index contributed by atoms with van der Waals surface area (Å²) in [6.45, 7) is 6.90. The van der Waals surface area contributed by atoms with Crippen LogP contribution in [0.3, 0.4) is 0 Å². The van der Waals surface area contributed by atoms with Crippen molar-refractivity contribution < 1.29 is 23.9 Å². The number of Topliss-reactive ketones (excluding diaryl/α,β-unsaturated/α-hetero) is 1. The molecule has 1 amide bonds. The molecule has 0 aromatic carbocycles. The summed E-state index contributed by atoms with van der Waals surface area (Å²) in [6, 6.07) is 0. The normalized spacial score (nSPS) is 10.8. The topological polar surface area (TPSA) is 94.6 Å². The molecule has 0 atom stereocenters. The maximum Gasteiger partial charge on any atom is 0.413 e. The maximum atomic E-state index is 11.6. The number of amides is 1. The Morgan fingerprint density at radius 1 is 1.35 bits per heavy atom. The van der Waals surface area contributed by atoms with Gasteiger partial charge in [0.15, 0.2) is 5.13 Å². The van der Waals surface area contributed by atoms with Gasteiger partial charge in [-0.1, -0.05) is 11.3 Å². The molecule has 8 heteroatoms. The first-order chi connectivity index (χ1) is 9.23. The lowest BCUT2D eigenvalue weighted by Gasteiger charge is -2.18. The second-order valence-corrected chi connectivity index (χ2v) is 5.74. The van der Waals surface area contributed by atoms with Crippen molar-refractivity contribution >= 4 is 34.3 Å². The Balaban J connectivity index is 2.66. The molecule has 20 heavy (non-hydrogen) atoms. The fourth-order valence-corrected chi connectivity index (χ4v) is 1.85. The van der Waals surface area contributed by atoms with Crippen LogP contribution in [0.2, 0.25) is 0 Å². The molecule has 0 radical (unpaired) electrons. The van der Waals surface area contributed by atoms with E-state index in [1.807, 2.05) is 0 Å². The van der Waals surface area contributed by atoms with Crippen LogP contribution < -0.4 is 5.32 Å². The minimum Gasteiger partial charge on any atom is -0.460 e. The van der Waals surface area contributed by atoms with Crippen molar-refractivity contribution in [3.8, 4) is 0 Å². The fourth-order valence-electron chi connectivity index (χ4n) is 1.13. The predicted octanol–water partition coefficient (Wildman–Crippen LogP) is 2.24. The number of hydrogen-bond donors (Lipinski definition) is 1. The van der Waals surface area contributed by atoms with E-state index in [4.69, 9.17) is 4.74 Å². The molecule has 0 unspecified atom stereocenters. The van der Waals surface area contributed by atoms with Gasteiger partial charge in [0.2, 0.25) is 0 Å². The molecule has 0 fully saturated rings. The van der Waals surface area contributed by atoms with Gasteiger partial charge in [0.05, 0.1) is 12.8 Å². The van der Waals surface area contributed by atoms with E-state index in [-0.39, 0.29) is 16.6 Å². The number of esters is 1. The number of carbonyl (C=O) groups excluding carboxylic acids is 3. The molecule has 1 heterocycles. The zero-order valence-corrected chi connectivity index (χ0v) is 12.5. The lowest BCUT2D eigenvalue weighted by Crippen LogP contribution is -2.27. The standard InChI is InChI=1S/C12H16N2O5S/c1-5-18-9(16)8(15)7-6-13-10(20-7)14-11(17)19-12(2,3)4/h6H,5H2,1-4H3,(H,13,14,17). The van der Waals surface area contributed by atoms with Crippen LogP contribution in [0, 0.1) is 0 Å². The van der Waals surface area contributed by atoms with Crippen LogP contribution in [-0.4, -0.2) is 35.0 Å². The van der Waals surface area contributed by atoms with Gasteiger partial charge in [-0.3, -0.25) is 10.1 Å². The van der Waals surface area contributed by atoms with Crippen LogP contribution in [0.15, 0.2) is 6.20 Å². The highest BCUT2D eigenvalue weighted by Gasteiger charge is 2.22. The number of ether oxygens (including phenoxy) is 2. The highest BCUT2D eigenvalue weighted by Crippen LogP contribution is 2.20. The third-order valence-electron chi connectivity index (χ3n) is 1.80. The van der Waals surface area contributed by atoms with Crippen LogP contribution in [0.25, 0.3) is 0 Å². The highest BCUT2D eigenvalue weighted by atomic mass is 32.1. The second kappa shape index (κ2) is 6.47. The highest BCUT2D eigenvalue weighted by molar-refractivity contribution is 7.18. The Kier molecular flexibility index (Phi) is 5.20. The number of carbonyl (C=O) groups is 3. The number of nitrogens with zero attached hydrogens (tertiary/aromatic N) is 1. The molecule has 0 aliphatic carbocycles. The van der Waals surface area contributed by atoms with Crippen molar-refractivity contribution in [2.24, 2.45) is 0 Å². The SMILES string of the molecule is CCOC(=O)C(=O)c1cnc(NC(=O)OC(C)(C)C)s1. The summed E-state index contributed by atoms with van der Waals surface area (Å²) in [5.74, 6) is -1.73. The molecule has 0 aliphatic heterocycles. The van der Waals surface area contributed by atoms with E-state index in [0.29, 0.717) is 0 Å². The van der Waals surface area contributed by atoms with Gasteiger partial charge in [0.1, 0.15) is 10.5 Å². The summed E-state index contributed by atoms with van der Waals surface area (Å²) in [5, 5.41) is 2.56. The number of rotatable bonds is 4. The molecule has 0 aliphatic rings. The van der Waals surface area contributed by atoms with Crippen molar-refractivity contribution in [3.63, 3.8) is 0 Å². The molecule has 0 saturated heterocycles. The molecule has 1 N–H and O–H groups in total. The Morgan fingerprint density at radius 3 is 2.55 bits per heavy atom. The average Bonchev–Trinajstić information content (AvgIpc) is 2.74. The molecule has 1 aromatic heterocycles. The zero-order chi connectivity index (χ0) is 15.3. The van der Waals surface area contributed by atoms with Crippen molar-refractivity contribution in [2.45, 2.75) is 33.3 Å². The Hall–Kier alpha value is -1.96. The molecule has 0 saturated carbocycles. The van der Waals surface area contributed by atoms with Crippen LogP contribution in [0.1, 0.15) is 37.4 Å². The largest absolute Gasteiger partial charge is 0.460 e. The van der Waals surface area contributed by atoms with Gasteiger partial charge >= 0.3 is 12.1 Å². The first-order valence-corrected chi connectivity index (χ1v) is 6.72. The monoisotopic (exact) mass is 300 g/mol. The number of ketones is 1. The zero-order valence-electron chi connectivity index (χ0n) is 11.7. The van der Waals surface area contributed by atoms with Crippen LogP contribution in [0.5, 0.6) is 0 Å². The third kappa shape index (κ3) is 4.96. The smallest absolute Gasteiger partial charge is 0.413 e. The summed E-state index contributed by atoms with van der Waals surface area (Å²) in [5.41, 5.74) is -0.634. The number of aromatic nitrogens is 1. The number of thiazole rings is 1. The molecule has 0 spiro atoms. The van der Waals surface area contributed by atoms with Crippen molar-refractivity contribution in [2.75, 3.05) is 11.9 Å². The van der Waals surface area contributed by atoms with E-state index in [1.165, 1.54) is 6.20 Å². The lowest BCUT2D eigenvalue weighted by molar-refractivity contribution is -0.137. The molecule has 110 valence electrons. The van der Waals surface area contributed by atoms with E-state index in [9.17, 15) is 14.4 Å². The maximum absolute atomic E-state index is 11.6. The molecular weight excluding hydrogens is 284 g/mol. The predicted molar refractivity (Wildman–Crippen MR) is 72.9 cm³/mol. The summed E-state index contributed by atoms with van der Waals surface area (Å²) in [6.07, 6.45) is 0.526. The average molecular weight is 300 g/mol. The Bertz CT molecular complexity index is 518. The second-order valence-electron chi connectivity index (χ2n) is 4.71. The van der Waals surface area contributed by atoms with Crippen LogP contribution in [-0.2, 0) is 14.3 Å². The van der Waals surface area contributed by atoms with Crippen molar-refractivity contribution in [3.05, 3.63) is 11.1 Å². The van der Waals surface area contributed by atoms with Gasteiger partial charge in [-0.2, -0.15) is 0 Å². The Morgan fingerprint density at radius 2 is 2.00 bits per heavy atom. The number of anilines is 1. The minimum absolute atomic E-state index is 0.0921. The summed E-state index contributed by atoms with van der Waals surface area (Å²) in [7, 11) is 0. The first kappa shape index (κ1) is 16.1. The van der Waals surface area contributed by atoms with Gasteiger partial charge in [-0.25, -0.2) is 14.6 Å². The van der Waals surface area contributed by atoms with Gasteiger partial charge in [-0.15, -0.1) is 0 Å². The number of hydrogen-bond acceptors (Lipinski definition) is 7. The summed E-state index contributed by atoms with van der Waals surface area (Å²) >= 11 is 0.876. The molecule has 1 aromatic rings. The van der Waals surface area contributed by atoms with E-state index in [1.54, 1.807) is 27.7 Å². The molecule has 0 bridgehead atoms. The quantitative estimate of drug-likeness (QED) is 0.520. The van der Waals surface area contributed by atoms with Gasteiger partial charge in [-0.05, 0) is 27.7 Å². The lowest BCUT2D eigenvalue weighted by atomic mass is 10.2. The fraction of sp³-hybridized carbons (Fsp3) is 0.500.